The largest absolute Gasteiger partial charge is 0.463 e. The number of benzene rings is 2. The predicted molar refractivity (Wildman–Crippen MR) is 205 cm³/mol. The Morgan fingerprint density at radius 2 is 1.15 bits per heavy atom. The lowest BCUT2D eigenvalue weighted by Gasteiger charge is -2.33. The number of alkyl carbamates (subject to hydrolysis) is 1. The van der Waals surface area contributed by atoms with Crippen LogP contribution in [0.1, 0.15) is 84.3 Å². The number of carbonyl (C=O) groups excluding carboxylic acids is 5. The molecule has 2 aromatic carbocycles. The molecule has 3 amide bonds. The van der Waals surface area contributed by atoms with Crippen LogP contribution in [0.5, 0.6) is 0 Å². The molecule has 284 valence electrons. The number of nitrogens with one attached hydrogen (secondary N) is 3. The van der Waals surface area contributed by atoms with Crippen molar-refractivity contribution in [3.63, 3.8) is 0 Å². The third kappa shape index (κ3) is 15.3. The highest BCUT2D eigenvalue weighted by atomic mass is 35.5. The highest BCUT2D eigenvalue weighted by Crippen LogP contribution is 2.31. The number of anilines is 2. The topological polar surface area (TPSA) is 175 Å². The highest BCUT2D eigenvalue weighted by molar-refractivity contribution is 5.97. The number of esters is 2. The van der Waals surface area contributed by atoms with Gasteiger partial charge in [0, 0.05) is 23.5 Å². The molecule has 2 aromatic rings. The maximum absolute atomic E-state index is 12.8. The summed E-state index contributed by atoms with van der Waals surface area (Å²) >= 11 is 0. The Morgan fingerprint density at radius 1 is 0.731 bits per heavy atom. The Hall–Kier alpha value is -4.68. The summed E-state index contributed by atoms with van der Waals surface area (Å²) < 4.78 is 14.9. The molecular weight excluding hydrogens is 688 g/mol. The molecule has 12 nitrogen and oxygen atoms in total. The summed E-state index contributed by atoms with van der Waals surface area (Å²) in [5.41, 5.74) is 8.28. The van der Waals surface area contributed by atoms with E-state index in [1.165, 1.54) is 12.2 Å². The zero-order chi connectivity index (χ0) is 37.4. The van der Waals surface area contributed by atoms with Gasteiger partial charge in [-0.3, -0.25) is 9.59 Å². The molecule has 4 rings (SSSR count). The number of amides is 3. The average Bonchev–Trinajstić information content (AvgIpc) is 3.02. The molecule has 5 N–H and O–H groups in total. The Bertz CT molecular complexity index is 1530. The number of ether oxygens (including phenoxy) is 3. The lowest BCUT2D eigenvalue weighted by Crippen LogP contribution is -2.51. The van der Waals surface area contributed by atoms with Crippen LogP contribution in [0.25, 0.3) is 12.2 Å². The van der Waals surface area contributed by atoms with Crippen LogP contribution in [0.3, 0.4) is 0 Å². The van der Waals surface area contributed by atoms with Gasteiger partial charge in [-0.2, -0.15) is 0 Å². The normalized spacial score (nSPS) is 15.3. The van der Waals surface area contributed by atoms with Crippen LogP contribution >= 0.6 is 12.4 Å². The van der Waals surface area contributed by atoms with Crippen LogP contribution in [-0.2, 0) is 33.4 Å². The van der Waals surface area contributed by atoms with Crippen molar-refractivity contribution in [2.24, 2.45) is 17.6 Å². The van der Waals surface area contributed by atoms with E-state index >= 15 is 0 Å². The monoisotopic (exact) mass is 740 g/mol. The summed E-state index contributed by atoms with van der Waals surface area (Å²) in [6.45, 7) is 9.53. The summed E-state index contributed by atoms with van der Waals surface area (Å²) in [6, 6.07) is 13.2. The maximum atomic E-state index is 12.8. The van der Waals surface area contributed by atoms with Crippen molar-refractivity contribution in [3.05, 3.63) is 71.8 Å². The smallest absolute Gasteiger partial charge is 0.408 e. The molecule has 2 fully saturated rings. The maximum Gasteiger partial charge on any atom is 0.408 e. The zero-order valence-corrected chi connectivity index (χ0v) is 31.5. The second-order valence-electron chi connectivity index (χ2n) is 13.4. The summed E-state index contributed by atoms with van der Waals surface area (Å²) in [6.07, 6.45) is 11.5. The van der Waals surface area contributed by atoms with Crippen molar-refractivity contribution in [2.75, 3.05) is 23.8 Å². The van der Waals surface area contributed by atoms with Gasteiger partial charge in [0.1, 0.15) is 11.6 Å². The average molecular weight is 741 g/mol. The Kier molecular flexibility index (Phi) is 18.1. The van der Waals surface area contributed by atoms with Crippen LogP contribution < -0.4 is 21.7 Å². The zero-order valence-electron chi connectivity index (χ0n) is 30.6. The third-order valence-corrected chi connectivity index (χ3v) is 8.29. The summed E-state index contributed by atoms with van der Waals surface area (Å²) in [4.78, 5) is 59.5. The van der Waals surface area contributed by atoms with E-state index < -0.39 is 29.7 Å². The van der Waals surface area contributed by atoms with Crippen LogP contribution in [-0.4, -0.2) is 60.7 Å². The SMILES string of the molecule is CCOC(=O)/C=C/c1ccc(NC(=O)C(N)C2CCC2)cc1.CCOC(=O)/C=C/c1ccc(NC(=O)C(NC(=O)OC(C)(C)C)C2CCC2)cc1.Cl. The Labute approximate surface area is 312 Å². The molecule has 2 atom stereocenters. The van der Waals surface area contributed by atoms with Gasteiger partial charge in [0.15, 0.2) is 0 Å². The quantitative estimate of drug-likeness (QED) is 0.0996. The van der Waals surface area contributed by atoms with E-state index in [9.17, 15) is 24.0 Å². The second kappa shape index (κ2) is 21.6. The standard InChI is InChI=1S/C22H30N2O5.C17H22N2O3.ClH/c1-5-28-18(25)14-11-15-9-12-17(13-10-15)23-20(26)19(16-7-6-8-16)24-21(27)29-22(2,3)4;1-2-22-15(20)11-8-12-6-9-14(10-7-12)19-17(21)16(18)13-4-3-5-13;/h9-14,16,19H,5-8H2,1-4H3,(H,23,26)(H,24,27);6-11,13,16H,2-5,18H2,1H3,(H,19,21);1H/b14-11+;11-8+;. The fourth-order valence-electron chi connectivity index (χ4n) is 5.13. The van der Waals surface area contributed by atoms with Crippen molar-refractivity contribution >= 4 is 65.8 Å². The molecule has 0 heterocycles. The number of rotatable bonds is 13. The molecule has 2 saturated carbocycles. The molecule has 2 unspecified atom stereocenters. The van der Waals surface area contributed by atoms with E-state index in [1.807, 2.05) is 12.1 Å². The van der Waals surface area contributed by atoms with Gasteiger partial charge in [0.05, 0.1) is 19.3 Å². The van der Waals surface area contributed by atoms with Crippen molar-refractivity contribution in [1.29, 1.82) is 0 Å². The first-order valence-electron chi connectivity index (χ1n) is 17.5. The van der Waals surface area contributed by atoms with Gasteiger partial charge >= 0.3 is 18.0 Å². The molecule has 0 aromatic heterocycles. The van der Waals surface area contributed by atoms with Gasteiger partial charge in [-0.15, -0.1) is 12.4 Å². The molecular formula is C39H53ClN4O8. The van der Waals surface area contributed by atoms with Crippen molar-refractivity contribution in [3.8, 4) is 0 Å². The molecule has 0 radical (unpaired) electrons. The van der Waals surface area contributed by atoms with Crippen molar-refractivity contribution in [1.82, 2.24) is 5.32 Å². The molecule has 0 bridgehead atoms. The van der Waals surface area contributed by atoms with Crippen LogP contribution in [0.2, 0.25) is 0 Å². The summed E-state index contributed by atoms with van der Waals surface area (Å²) in [5.74, 6) is -0.760. The first-order chi connectivity index (χ1) is 24.3. The minimum atomic E-state index is -0.637. The minimum Gasteiger partial charge on any atom is -0.463 e. The van der Waals surface area contributed by atoms with Gasteiger partial charge in [-0.05, 0) is 120 Å². The first-order valence-corrected chi connectivity index (χ1v) is 17.5. The Morgan fingerprint density at radius 3 is 1.52 bits per heavy atom. The fraction of sp³-hybridized carbons (Fsp3) is 0.462. The van der Waals surface area contributed by atoms with Gasteiger partial charge in [-0.25, -0.2) is 14.4 Å². The predicted octanol–water partition coefficient (Wildman–Crippen LogP) is 6.65. The van der Waals surface area contributed by atoms with Crippen LogP contribution in [0, 0.1) is 11.8 Å². The van der Waals surface area contributed by atoms with E-state index in [0.717, 1.165) is 49.7 Å². The van der Waals surface area contributed by atoms with Crippen LogP contribution in [0.4, 0.5) is 16.2 Å². The molecule has 0 spiro atoms. The fourth-order valence-corrected chi connectivity index (χ4v) is 5.13. The Balaban J connectivity index is 0.000000366. The first kappa shape index (κ1) is 43.5. The molecule has 2 aliphatic carbocycles. The number of hydrogen-bond donors (Lipinski definition) is 4. The van der Waals surface area contributed by atoms with Gasteiger partial charge in [0.2, 0.25) is 11.8 Å². The van der Waals surface area contributed by atoms with Crippen LogP contribution in [0.15, 0.2) is 60.7 Å². The molecule has 13 heteroatoms. The summed E-state index contributed by atoms with van der Waals surface area (Å²) in [5, 5.41) is 8.39. The van der Waals surface area contributed by atoms with Crippen molar-refractivity contribution < 1.29 is 38.2 Å². The second-order valence-corrected chi connectivity index (χ2v) is 13.4. The van der Waals surface area contributed by atoms with E-state index in [-0.39, 0.29) is 36.1 Å². The van der Waals surface area contributed by atoms with E-state index in [2.05, 4.69) is 16.0 Å². The third-order valence-electron chi connectivity index (χ3n) is 8.29. The molecule has 0 saturated heterocycles. The molecule has 2 aliphatic rings. The molecule has 52 heavy (non-hydrogen) atoms. The number of hydrogen-bond acceptors (Lipinski definition) is 9. The van der Waals surface area contributed by atoms with E-state index in [4.69, 9.17) is 19.9 Å². The van der Waals surface area contributed by atoms with Gasteiger partial charge in [-0.1, -0.05) is 37.1 Å². The lowest BCUT2D eigenvalue weighted by atomic mass is 9.79. The van der Waals surface area contributed by atoms with Gasteiger partial charge in [0.25, 0.3) is 0 Å². The number of carbonyl (C=O) groups is 5. The number of nitrogens with two attached hydrogens (primary N) is 1. The molecule has 0 aliphatic heterocycles. The van der Waals surface area contributed by atoms with E-state index in [0.29, 0.717) is 30.5 Å². The van der Waals surface area contributed by atoms with Gasteiger partial charge < -0.3 is 35.9 Å². The summed E-state index contributed by atoms with van der Waals surface area (Å²) in [7, 11) is 0. The van der Waals surface area contributed by atoms with Crippen molar-refractivity contribution in [2.45, 2.75) is 90.8 Å². The van der Waals surface area contributed by atoms with E-state index in [1.54, 1.807) is 83.2 Å². The highest BCUT2D eigenvalue weighted by Gasteiger charge is 2.35. The lowest BCUT2D eigenvalue weighted by molar-refractivity contribution is -0.138. The number of halogens is 1. The minimum absolute atomic E-state index is 0.